The minimum atomic E-state index is 0.530. The monoisotopic (exact) mass is 141 g/mol. The van der Waals surface area contributed by atoms with Crippen LogP contribution in [0, 0.1) is 11.8 Å². The summed E-state index contributed by atoms with van der Waals surface area (Å²) >= 11 is 0. The largest absolute Gasteiger partial charge is 0.345 e. The number of rotatable bonds is 3. The van der Waals surface area contributed by atoms with Crippen LogP contribution < -0.4 is 0 Å². The highest BCUT2D eigenvalue weighted by Crippen LogP contribution is 2.43. The van der Waals surface area contributed by atoms with Gasteiger partial charge in [0.15, 0.2) is 0 Å². The normalized spacial score (nSPS) is 37.3. The molecule has 0 radical (unpaired) electrons. The van der Waals surface area contributed by atoms with Crippen LogP contribution >= 0.6 is 0 Å². The van der Waals surface area contributed by atoms with Crippen molar-refractivity contribution in [2.45, 2.75) is 26.3 Å². The van der Waals surface area contributed by atoms with Crippen LogP contribution in [0.3, 0.4) is 0 Å². The highest BCUT2D eigenvalue weighted by Gasteiger charge is 2.47. The fourth-order valence-electron chi connectivity index (χ4n) is 1.88. The summed E-state index contributed by atoms with van der Waals surface area (Å²) in [5.41, 5.74) is 0. The van der Waals surface area contributed by atoms with E-state index in [-0.39, 0.29) is 0 Å². The lowest BCUT2D eigenvalue weighted by atomic mass is 10.3. The number of amides is 1. The highest BCUT2D eigenvalue weighted by molar-refractivity contribution is 5.48. The molecule has 0 N–H and O–H groups in total. The lowest BCUT2D eigenvalue weighted by molar-refractivity contribution is -0.117. The van der Waals surface area contributed by atoms with Crippen molar-refractivity contribution >= 4 is 6.41 Å². The van der Waals surface area contributed by atoms with Gasteiger partial charge in [-0.3, -0.25) is 4.79 Å². The Hall–Kier alpha value is -0.530. The summed E-state index contributed by atoms with van der Waals surface area (Å²) in [6, 6.07) is 0.530. The Morgan fingerprint density at radius 2 is 2.20 bits per heavy atom. The van der Waals surface area contributed by atoms with Crippen LogP contribution in [0.5, 0.6) is 0 Å². The summed E-state index contributed by atoms with van der Waals surface area (Å²) in [5, 5.41) is 0. The molecular formula is C8H15NO. The van der Waals surface area contributed by atoms with E-state index in [1.54, 1.807) is 4.90 Å². The minimum absolute atomic E-state index is 0.530. The predicted molar refractivity (Wildman–Crippen MR) is 40.6 cm³/mol. The summed E-state index contributed by atoms with van der Waals surface area (Å²) in [5.74, 6) is 1.48. The predicted octanol–water partition coefficient (Wildman–Crippen LogP) is 1.12. The molecule has 0 spiro atoms. The first-order valence-corrected chi connectivity index (χ1v) is 3.89. The van der Waals surface area contributed by atoms with Crippen molar-refractivity contribution in [3.05, 3.63) is 0 Å². The van der Waals surface area contributed by atoms with Crippen LogP contribution in [-0.2, 0) is 4.79 Å². The first-order chi connectivity index (χ1) is 4.72. The molecule has 0 saturated heterocycles. The SMILES string of the molecule is CCC1C(N(C)C=O)[C@H]1C. The molecule has 2 heteroatoms. The van der Waals surface area contributed by atoms with Gasteiger partial charge < -0.3 is 4.90 Å². The molecule has 0 bridgehead atoms. The van der Waals surface area contributed by atoms with Gasteiger partial charge in [-0.2, -0.15) is 0 Å². The van der Waals surface area contributed by atoms with Crippen LogP contribution in [0.1, 0.15) is 20.3 Å². The van der Waals surface area contributed by atoms with Gasteiger partial charge in [-0.05, 0) is 11.8 Å². The van der Waals surface area contributed by atoms with Crippen LogP contribution in [-0.4, -0.2) is 24.4 Å². The third kappa shape index (κ3) is 1.02. The van der Waals surface area contributed by atoms with Gasteiger partial charge >= 0.3 is 0 Å². The Morgan fingerprint density at radius 3 is 2.50 bits per heavy atom. The topological polar surface area (TPSA) is 20.3 Å². The Balaban J connectivity index is 2.39. The molecule has 0 aromatic carbocycles. The molecule has 1 amide bonds. The number of hydrogen-bond acceptors (Lipinski definition) is 1. The zero-order valence-electron chi connectivity index (χ0n) is 6.87. The van der Waals surface area contributed by atoms with Gasteiger partial charge in [0.1, 0.15) is 0 Å². The standard InChI is InChI=1S/C8H15NO/c1-4-7-6(2)8(7)9(3)5-10/h5-8H,4H2,1-3H3/t6-,7?,8?/m0/s1. The van der Waals surface area contributed by atoms with E-state index in [1.165, 1.54) is 6.42 Å². The van der Waals surface area contributed by atoms with Crippen molar-refractivity contribution in [1.82, 2.24) is 4.90 Å². The molecule has 10 heavy (non-hydrogen) atoms. The molecule has 1 saturated carbocycles. The first-order valence-electron chi connectivity index (χ1n) is 3.89. The molecule has 3 atom stereocenters. The van der Waals surface area contributed by atoms with E-state index in [0.717, 1.165) is 18.2 Å². The Labute approximate surface area is 62.2 Å². The summed E-state index contributed by atoms with van der Waals surface area (Å²) < 4.78 is 0. The molecule has 0 heterocycles. The Kier molecular flexibility index (Phi) is 1.97. The van der Waals surface area contributed by atoms with Gasteiger partial charge in [0.25, 0.3) is 0 Å². The van der Waals surface area contributed by atoms with Crippen molar-refractivity contribution in [1.29, 1.82) is 0 Å². The zero-order valence-corrected chi connectivity index (χ0v) is 6.87. The van der Waals surface area contributed by atoms with Gasteiger partial charge in [0.2, 0.25) is 6.41 Å². The molecule has 2 unspecified atom stereocenters. The van der Waals surface area contributed by atoms with Gasteiger partial charge in [0.05, 0.1) is 0 Å². The zero-order chi connectivity index (χ0) is 7.72. The van der Waals surface area contributed by atoms with Crippen LogP contribution in [0.15, 0.2) is 0 Å². The average molecular weight is 141 g/mol. The molecule has 0 aromatic rings. The molecule has 1 aliphatic rings. The maximum absolute atomic E-state index is 10.3. The smallest absolute Gasteiger partial charge is 0.209 e. The van der Waals surface area contributed by atoms with Crippen LogP contribution in [0.2, 0.25) is 0 Å². The van der Waals surface area contributed by atoms with E-state index in [0.29, 0.717) is 6.04 Å². The van der Waals surface area contributed by atoms with Crippen molar-refractivity contribution in [2.24, 2.45) is 11.8 Å². The summed E-state index contributed by atoms with van der Waals surface area (Å²) in [7, 11) is 1.86. The maximum Gasteiger partial charge on any atom is 0.209 e. The van der Waals surface area contributed by atoms with Crippen molar-refractivity contribution in [3.8, 4) is 0 Å². The molecule has 1 aliphatic carbocycles. The fraction of sp³-hybridized carbons (Fsp3) is 0.875. The van der Waals surface area contributed by atoms with E-state index in [9.17, 15) is 4.79 Å². The van der Waals surface area contributed by atoms with Crippen molar-refractivity contribution < 1.29 is 4.79 Å². The quantitative estimate of drug-likeness (QED) is 0.539. The summed E-state index contributed by atoms with van der Waals surface area (Å²) in [6.45, 7) is 4.39. The van der Waals surface area contributed by atoms with E-state index in [2.05, 4.69) is 13.8 Å². The minimum Gasteiger partial charge on any atom is -0.345 e. The number of carbonyl (C=O) groups excluding carboxylic acids is 1. The molecule has 1 rings (SSSR count). The summed E-state index contributed by atoms with van der Waals surface area (Å²) in [6.07, 6.45) is 2.13. The van der Waals surface area contributed by atoms with Crippen LogP contribution in [0.4, 0.5) is 0 Å². The molecule has 1 fully saturated rings. The van der Waals surface area contributed by atoms with E-state index in [1.807, 2.05) is 7.05 Å². The fourth-order valence-corrected chi connectivity index (χ4v) is 1.88. The molecule has 0 aromatic heterocycles. The molecule has 58 valence electrons. The number of carbonyl (C=O) groups is 1. The number of hydrogen-bond donors (Lipinski definition) is 0. The second kappa shape index (κ2) is 2.60. The third-order valence-corrected chi connectivity index (χ3v) is 2.62. The summed E-state index contributed by atoms with van der Waals surface area (Å²) in [4.78, 5) is 12.1. The van der Waals surface area contributed by atoms with Gasteiger partial charge in [-0.25, -0.2) is 0 Å². The van der Waals surface area contributed by atoms with Crippen molar-refractivity contribution in [2.75, 3.05) is 7.05 Å². The van der Waals surface area contributed by atoms with Crippen LogP contribution in [0.25, 0.3) is 0 Å². The third-order valence-electron chi connectivity index (χ3n) is 2.62. The van der Waals surface area contributed by atoms with Crippen molar-refractivity contribution in [3.63, 3.8) is 0 Å². The Bertz CT molecular complexity index is 135. The van der Waals surface area contributed by atoms with Gasteiger partial charge in [0, 0.05) is 13.1 Å². The van der Waals surface area contributed by atoms with E-state index in [4.69, 9.17) is 0 Å². The number of nitrogens with zero attached hydrogens (tertiary/aromatic N) is 1. The maximum atomic E-state index is 10.3. The second-order valence-corrected chi connectivity index (χ2v) is 3.19. The van der Waals surface area contributed by atoms with Gasteiger partial charge in [-0.15, -0.1) is 0 Å². The Morgan fingerprint density at radius 1 is 1.60 bits per heavy atom. The lowest BCUT2D eigenvalue weighted by Gasteiger charge is -2.08. The van der Waals surface area contributed by atoms with E-state index < -0.39 is 0 Å². The lowest BCUT2D eigenvalue weighted by Crippen LogP contribution is -2.20. The molecule has 0 aliphatic heterocycles. The van der Waals surface area contributed by atoms with Gasteiger partial charge in [-0.1, -0.05) is 20.3 Å². The second-order valence-electron chi connectivity index (χ2n) is 3.19. The molecular weight excluding hydrogens is 126 g/mol. The molecule has 2 nitrogen and oxygen atoms in total. The average Bonchev–Trinajstić information content (AvgIpc) is 2.59. The highest BCUT2D eigenvalue weighted by atomic mass is 16.1. The van der Waals surface area contributed by atoms with E-state index >= 15 is 0 Å². The first kappa shape index (κ1) is 7.58.